The van der Waals surface area contributed by atoms with Crippen LogP contribution in [0.1, 0.15) is 24.1 Å². The van der Waals surface area contributed by atoms with Crippen LogP contribution in [0, 0.1) is 0 Å². The fraction of sp³-hybridized carbons (Fsp3) is 0.200. The number of nitrogens with one attached hydrogen (secondary N) is 1. The van der Waals surface area contributed by atoms with E-state index in [2.05, 4.69) is 21.2 Å². The third-order valence-corrected chi connectivity index (χ3v) is 4.23. The molecule has 0 aliphatic carbocycles. The second-order valence-electron chi connectivity index (χ2n) is 4.62. The molecule has 2 aromatic rings. The Morgan fingerprint density at radius 1 is 1.14 bits per heavy atom. The molecule has 2 aromatic carbocycles. The van der Waals surface area contributed by atoms with E-state index in [0.717, 1.165) is 22.3 Å². The van der Waals surface area contributed by atoms with Crippen LogP contribution in [0.25, 0.3) is 0 Å². The summed E-state index contributed by atoms with van der Waals surface area (Å²) in [6, 6.07) is 10.3. The summed E-state index contributed by atoms with van der Waals surface area (Å²) in [7, 11) is 0. The van der Waals surface area contributed by atoms with Crippen LogP contribution < -0.4 is 5.32 Å². The van der Waals surface area contributed by atoms with Gasteiger partial charge in [-0.3, -0.25) is 0 Å². The van der Waals surface area contributed by atoms with Gasteiger partial charge in [-0.1, -0.05) is 23.7 Å². The van der Waals surface area contributed by atoms with Crippen molar-refractivity contribution in [1.82, 2.24) is 0 Å². The molecule has 1 N–H and O–H groups in total. The van der Waals surface area contributed by atoms with E-state index >= 15 is 0 Å². The SMILES string of the molecule is CC(Nc1ccc(Cl)c(Br)c1)c1cccc(C(F)(F)F)c1. The Labute approximate surface area is 134 Å². The van der Waals surface area contributed by atoms with Crippen molar-refractivity contribution < 1.29 is 13.2 Å². The van der Waals surface area contributed by atoms with Gasteiger partial charge in [0.2, 0.25) is 0 Å². The Kier molecular flexibility index (Phi) is 4.84. The van der Waals surface area contributed by atoms with E-state index < -0.39 is 11.7 Å². The van der Waals surface area contributed by atoms with Gasteiger partial charge in [0.25, 0.3) is 0 Å². The van der Waals surface area contributed by atoms with Crippen molar-refractivity contribution in [3.8, 4) is 0 Å². The Morgan fingerprint density at radius 3 is 2.48 bits per heavy atom. The third kappa shape index (κ3) is 4.14. The molecule has 1 atom stereocenters. The summed E-state index contributed by atoms with van der Waals surface area (Å²) in [6.07, 6.45) is -4.33. The van der Waals surface area contributed by atoms with E-state index in [1.165, 1.54) is 6.07 Å². The van der Waals surface area contributed by atoms with Crippen molar-refractivity contribution in [2.45, 2.75) is 19.1 Å². The molecule has 0 aliphatic heterocycles. The minimum atomic E-state index is -4.33. The fourth-order valence-corrected chi connectivity index (χ4v) is 2.40. The van der Waals surface area contributed by atoms with Gasteiger partial charge in [0.15, 0.2) is 0 Å². The summed E-state index contributed by atoms with van der Waals surface area (Å²) in [5.41, 5.74) is 0.693. The van der Waals surface area contributed by atoms with Crippen molar-refractivity contribution in [2.24, 2.45) is 0 Å². The minimum absolute atomic E-state index is 0.264. The Hall–Kier alpha value is -1.20. The number of anilines is 1. The van der Waals surface area contributed by atoms with Crippen molar-refractivity contribution in [1.29, 1.82) is 0 Å². The van der Waals surface area contributed by atoms with Crippen LogP contribution in [0.2, 0.25) is 5.02 Å². The van der Waals surface area contributed by atoms with Crippen molar-refractivity contribution in [2.75, 3.05) is 5.32 Å². The largest absolute Gasteiger partial charge is 0.416 e. The summed E-state index contributed by atoms with van der Waals surface area (Å²) in [4.78, 5) is 0. The van der Waals surface area contributed by atoms with Gasteiger partial charge in [0, 0.05) is 16.2 Å². The molecule has 0 fully saturated rings. The lowest BCUT2D eigenvalue weighted by molar-refractivity contribution is -0.137. The fourth-order valence-electron chi connectivity index (χ4n) is 1.90. The van der Waals surface area contributed by atoms with Crippen LogP contribution in [-0.2, 0) is 6.18 Å². The molecule has 0 aromatic heterocycles. The van der Waals surface area contributed by atoms with Gasteiger partial charge in [0.05, 0.1) is 10.6 Å². The van der Waals surface area contributed by atoms with E-state index in [4.69, 9.17) is 11.6 Å². The van der Waals surface area contributed by atoms with Crippen LogP contribution >= 0.6 is 27.5 Å². The topological polar surface area (TPSA) is 12.0 Å². The lowest BCUT2D eigenvalue weighted by atomic mass is 10.0. The molecule has 0 bridgehead atoms. The Morgan fingerprint density at radius 2 is 1.86 bits per heavy atom. The zero-order valence-corrected chi connectivity index (χ0v) is 13.4. The van der Waals surface area contributed by atoms with E-state index in [-0.39, 0.29) is 6.04 Å². The van der Waals surface area contributed by atoms with Crippen LogP contribution in [0.5, 0.6) is 0 Å². The number of halogens is 5. The second-order valence-corrected chi connectivity index (χ2v) is 5.88. The highest BCUT2D eigenvalue weighted by Crippen LogP contribution is 2.32. The van der Waals surface area contributed by atoms with Crippen LogP contribution in [0.4, 0.5) is 18.9 Å². The van der Waals surface area contributed by atoms with E-state index in [1.54, 1.807) is 31.2 Å². The number of benzene rings is 2. The van der Waals surface area contributed by atoms with Gasteiger partial charge >= 0.3 is 6.18 Å². The highest BCUT2D eigenvalue weighted by Gasteiger charge is 2.30. The molecule has 1 nitrogen and oxygen atoms in total. The summed E-state index contributed by atoms with van der Waals surface area (Å²) in [6.45, 7) is 1.80. The molecule has 112 valence electrons. The van der Waals surface area contributed by atoms with Crippen molar-refractivity contribution in [3.05, 3.63) is 63.1 Å². The Balaban J connectivity index is 2.20. The molecular formula is C15H12BrClF3N. The quantitative estimate of drug-likeness (QED) is 0.661. The first-order valence-corrected chi connectivity index (χ1v) is 7.33. The zero-order chi connectivity index (χ0) is 15.6. The van der Waals surface area contributed by atoms with Gasteiger partial charge in [-0.15, -0.1) is 0 Å². The molecule has 2 rings (SSSR count). The first-order chi connectivity index (χ1) is 9.77. The summed E-state index contributed by atoms with van der Waals surface area (Å²) >= 11 is 9.21. The van der Waals surface area contributed by atoms with Crippen LogP contribution in [0.15, 0.2) is 46.9 Å². The standard InChI is InChI=1S/C15H12BrClF3N/c1-9(21-12-5-6-14(17)13(16)8-12)10-3-2-4-11(7-10)15(18,19)20/h2-9,21H,1H3. The molecular weight excluding hydrogens is 367 g/mol. The normalized spacial score (nSPS) is 13.0. The van der Waals surface area contributed by atoms with Gasteiger partial charge in [-0.05, 0) is 58.7 Å². The predicted molar refractivity (Wildman–Crippen MR) is 82.6 cm³/mol. The lowest BCUT2D eigenvalue weighted by Gasteiger charge is -2.17. The predicted octanol–water partition coefficient (Wildman–Crippen LogP) is 6.29. The molecule has 0 spiro atoms. The van der Waals surface area contributed by atoms with Gasteiger partial charge in [-0.25, -0.2) is 0 Å². The number of hydrogen-bond acceptors (Lipinski definition) is 1. The Bertz CT molecular complexity index is 643. The maximum Gasteiger partial charge on any atom is 0.416 e. The maximum absolute atomic E-state index is 12.7. The smallest absolute Gasteiger partial charge is 0.378 e. The van der Waals surface area contributed by atoms with Crippen molar-refractivity contribution >= 4 is 33.2 Å². The summed E-state index contributed by atoms with van der Waals surface area (Å²) < 4.78 is 38.9. The summed E-state index contributed by atoms with van der Waals surface area (Å²) in [5.74, 6) is 0. The third-order valence-electron chi connectivity index (χ3n) is 3.02. The van der Waals surface area contributed by atoms with Gasteiger partial charge in [0.1, 0.15) is 0 Å². The minimum Gasteiger partial charge on any atom is -0.378 e. The highest BCUT2D eigenvalue weighted by atomic mass is 79.9. The molecule has 0 saturated carbocycles. The molecule has 6 heteroatoms. The molecule has 1 unspecified atom stereocenters. The highest BCUT2D eigenvalue weighted by molar-refractivity contribution is 9.10. The van der Waals surface area contributed by atoms with Crippen molar-refractivity contribution in [3.63, 3.8) is 0 Å². The molecule has 0 aliphatic rings. The lowest BCUT2D eigenvalue weighted by Crippen LogP contribution is -2.10. The van der Waals surface area contributed by atoms with E-state index in [9.17, 15) is 13.2 Å². The molecule has 21 heavy (non-hydrogen) atoms. The number of hydrogen-bond donors (Lipinski definition) is 1. The van der Waals surface area contributed by atoms with E-state index in [0.29, 0.717) is 10.6 Å². The molecule has 0 amide bonds. The van der Waals surface area contributed by atoms with Gasteiger partial charge < -0.3 is 5.32 Å². The first kappa shape index (κ1) is 16.2. The molecule has 0 radical (unpaired) electrons. The molecule has 0 heterocycles. The molecule has 0 saturated heterocycles. The second kappa shape index (κ2) is 6.28. The van der Waals surface area contributed by atoms with Gasteiger partial charge in [-0.2, -0.15) is 13.2 Å². The monoisotopic (exact) mass is 377 g/mol. The van der Waals surface area contributed by atoms with Crippen LogP contribution in [-0.4, -0.2) is 0 Å². The number of alkyl halides is 3. The first-order valence-electron chi connectivity index (χ1n) is 6.16. The van der Waals surface area contributed by atoms with Crippen LogP contribution in [0.3, 0.4) is 0 Å². The average Bonchev–Trinajstić information content (AvgIpc) is 2.42. The average molecular weight is 379 g/mol. The zero-order valence-electron chi connectivity index (χ0n) is 11.0. The summed E-state index contributed by atoms with van der Waals surface area (Å²) in [5, 5.41) is 3.73. The number of rotatable bonds is 3. The van der Waals surface area contributed by atoms with E-state index in [1.807, 2.05) is 0 Å². The maximum atomic E-state index is 12.7.